The standard InChI is InChI=1S/C29H31BrN2O3S/c1-6-8-23-25(28(34)35-7-2)26(21-13-11-20(12-14-21)17(3)4)32-27(33)24(36-29(32)31-23)16-19-10-9-18(5)22(30)15-19/h9-17,26H,6-8H2,1-5H3/b24-16-/t26-/m0/s1. The minimum atomic E-state index is -0.588. The molecule has 1 aliphatic rings. The van der Waals surface area contributed by atoms with E-state index in [1.165, 1.54) is 16.9 Å². The highest BCUT2D eigenvalue weighted by molar-refractivity contribution is 9.10. The summed E-state index contributed by atoms with van der Waals surface area (Å²) < 4.78 is 8.70. The first kappa shape index (κ1) is 26.3. The first-order chi connectivity index (χ1) is 17.2. The molecule has 5 nitrogen and oxygen atoms in total. The summed E-state index contributed by atoms with van der Waals surface area (Å²) in [6.07, 6.45) is 3.35. The van der Waals surface area contributed by atoms with E-state index >= 15 is 0 Å². The maximum Gasteiger partial charge on any atom is 0.338 e. The Morgan fingerprint density at radius 2 is 1.92 bits per heavy atom. The van der Waals surface area contributed by atoms with Crippen molar-refractivity contribution in [2.45, 2.75) is 59.4 Å². The van der Waals surface area contributed by atoms with Crippen molar-refractivity contribution in [3.63, 3.8) is 0 Å². The Hall–Kier alpha value is -2.77. The first-order valence-electron chi connectivity index (χ1n) is 12.3. The van der Waals surface area contributed by atoms with Crippen LogP contribution in [0, 0.1) is 6.92 Å². The Morgan fingerprint density at radius 1 is 1.19 bits per heavy atom. The van der Waals surface area contributed by atoms with E-state index in [0.29, 0.717) is 32.9 Å². The van der Waals surface area contributed by atoms with Gasteiger partial charge in [-0.25, -0.2) is 9.79 Å². The van der Waals surface area contributed by atoms with Crippen molar-refractivity contribution in [3.05, 3.63) is 100 Å². The molecule has 0 spiro atoms. The summed E-state index contributed by atoms with van der Waals surface area (Å²) in [7, 11) is 0. The highest BCUT2D eigenvalue weighted by Gasteiger charge is 2.34. The monoisotopic (exact) mass is 566 g/mol. The van der Waals surface area contributed by atoms with Crippen LogP contribution in [0.3, 0.4) is 0 Å². The van der Waals surface area contributed by atoms with Crippen molar-refractivity contribution >= 4 is 39.3 Å². The third-order valence-electron chi connectivity index (χ3n) is 6.30. The number of hydrogen-bond acceptors (Lipinski definition) is 5. The lowest BCUT2D eigenvalue weighted by molar-refractivity contribution is -0.139. The highest BCUT2D eigenvalue weighted by atomic mass is 79.9. The Bertz CT molecular complexity index is 1500. The molecule has 0 amide bonds. The lowest BCUT2D eigenvalue weighted by Crippen LogP contribution is -2.40. The maximum absolute atomic E-state index is 13.8. The van der Waals surface area contributed by atoms with E-state index in [4.69, 9.17) is 9.73 Å². The molecular weight excluding hydrogens is 536 g/mol. The molecule has 0 fully saturated rings. The van der Waals surface area contributed by atoms with E-state index in [1.54, 1.807) is 11.5 Å². The average molecular weight is 568 g/mol. The molecular formula is C29H31BrN2O3S. The van der Waals surface area contributed by atoms with E-state index in [2.05, 4.69) is 48.8 Å². The number of hydrogen-bond donors (Lipinski definition) is 0. The van der Waals surface area contributed by atoms with Crippen molar-refractivity contribution in [3.8, 4) is 0 Å². The molecule has 0 radical (unpaired) electrons. The van der Waals surface area contributed by atoms with Gasteiger partial charge in [0, 0.05) is 4.47 Å². The second-order valence-corrected chi connectivity index (χ2v) is 11.1. The number of carbonyl (C=O) groups excluding carboxylic acids is 1. The molecule has 0 N–H and O–H groups in total. The number of ether oxygens (including phenoxy) is 1. The average Bonchev–Trinajstić information content (AvgIpc) is 3.15. The predicted octanol–water partition coefficient (Wildman–Crippen LogP) is 5.77. The Balaban J connectivity index is 1.97. The van der Waals surface area contributed by atoms with Gasteiger partial charge < -0.3 is 4.74 Å². The molecule has 188 valence electrons. The van der Waals surface area contributed by atoms with Gasteiger partial charge >= 0.3 is 5.97 Å². The van der Waals surface area contributed by atoms with Gasteiger partial charge in [-0.15, -0.1) is 0 Å². The first-order valence-corrected chi connectivity index (χ1v) is 13.9. The smallest absolute Gasteiger partial charge is 0.338 e. The molecule has 1 aromatic heterocycles. The number of nitrogens with zero attached hydrogens (tertiary/aromatic N) is 2. The van der Waals surface area contributed by atoms with Gasteiger partial charge in [-0.2, -0.15) is 0 Å². The van der Waals surface area contributed by atoms with Crippen molar-refractivity contribution < 1.29 is 9.53 Å². The van der Waals surface area contributed by atoms with Gasteiger partial charge in [0.2, 0.25) is 0 Å². The van der Waals surface area contributed by atoms with Gasteiger partial charge in [-0.3, -0.25) is 9.36 Å². The van der Waals surface area contributed by atoms with Crippen LogP contribution in [0.5, 0.6) is 0 Å². The fraction of sp³-hybridized carbons (Fsp3) is 0.345. The number of rotatable bonds is 7. The lowest BCUT2D eigenvalue weighted by Gasteiger charge is -2.26. The molecule has 2 heterocycles. The zero-order valence-electron chi connectivity index (χ0n) is 21.3. The molecule has 0 saturated heterocycles. The molecule has 1 aliphatic heterocycles. The van der Waals surface area contributed by atoms with Crippen molar-refractivity contribution in [1.29, 1.82) is 0 Å². The number of benzene rings is 2. The van der Waals surface area contributed by atoms with E-state index in [1.807, 2.05) is 43.3 Å². The van der Waals surface area contributed by atoms with Crippen molar-refractivity contribution in [1.82, 2.24) is 4.57 Å². The maximum atomic E-state index is 13.8. The number of esters is 1. The predicted molar refractivity (Wildman–Crippen MR) is 149 cm³/mol. The SMILES string of the molecule is CCCC1=C(C(=O)OCC)[C@H](c2ccc(C(C)C)cc2)n2c(s/c(=C\c3ccc(C)c(Br)c3)c2=O)=N1. The summed E-state index contributed by atoms with van der Waals surface area (Å²) in [6.45, 7) is 10.4. The zero-order chi connectivity index (χ0) is 26.0. The normalized spacial score (nSPS) is 15.8. The molecule has 36 heavy (non-hydrogen) atoms. The highest BCUT2D eigenvalue weighted by Crippen LogP contribution is 2.33. The molecule has 7 heteroatoms. The van der Waals surface area contributed by atoms with Crippen LogP contribution in [0.1, 0.15) is 74.8 Å². The van der Waals surface area contributed by atoms with Crippen molar-refractivity contribution in [2.75, 3.05) is 6.61 Å². The summed E-state index contributed by atoms with van der Waals surface area (Å²) >= 11 is 4.93. The number of thiazole rings is 1. The number of carbonyl (C=O) groups is 1. The zero-order valence-corrected chi connectivity index (χ0v) is 23.7. The molecule has 0 unspecified atom stereocenters. The van der Waals surface area contributed by atoms with Crippen LogP contribution >= 0.6 is 27.3 Å². The largest absolute Gasteiger partial charge is 0.463 e. The molecule has 0 bridgehead atoms. The van der Waals surface area contributed by atoms with Gasteiger partial charge in [-0.05, 0) is 60.6 Å². The summed E-state index contributed by atoms with van der Waals surface area (Å²) in [5.74, 6) is -0.0371. The Morgan fingerprint density at radius 3 is 2.53 bits per heavy atom. The molecule has 0 saturated carbocycles. The van der Waals surface area contributed by atoms with E-state index in [-0.39, 0.29) is 12.2 Å². The Labute approximate surface area is 224 Å². The van der Waals surface area contributed by atoms with Gasteiger partial charge in [-0.1, -0.05) is 90.9 Å². The van der Waals surface area contributed by atoms with Crippen LogP contribution in [0.2, 0.25) is 0 Å². The second kappa shape index (κ2) is 11.1. The number of allylic oxidation sites excluding steroid dienone is 1. The summed E-state index contributed by atoms with van der Waals surface area (Å²) in [4.78, 5) is 32.5. The molecule has 4 rings (SSSR count). The van der Waals surface area contributed by atoms with E-state index in [9.17, 15) is 9.59 Å². The fourth-order valence-electron chi connectivity index (χ4n) is 4.35. The summed E-state index contributed by atoms with van der Waals surface area (Å²) in [5, 5.41) is 0. The minimum Gasteiger partial charge on any atom is -0.463 e. The lowest BCUT2D eigenvalue weighted by atomic mass is 9.92. The van der Waals surface area contributed by atoms with Crippen molar-refractivity contribution in [2.24, 2.45) is 4.99 Å². The number of aryl methyl sites for hydroxylation is 1. The van der Waals surface area contributed by atoms with Crippen LogP contribution in [0.25, 0.3) is 6.08 Å². The molecule has 3 aromatic rings. The Kier molecular flexibility index (Phi) is 8.10. The molecule has 2 aromatic carbocycles. The topological polar surface area (TPSA) is 60.7 Å². The number of aromatic nitrogens is 1. The quantitative estimate of drug-likeness (QED) is 0.341. The van der Waals surface area contributed by atoms with E-state index in [0.717, 1.165) is 27.6 Å². The summed E-state index contributed by atoms with van der Waals surface area (Å²) in [5.41, 5.74) is 5.11. The van der Waals surface area contributed by atoms with Crippen LogP contribution in [0.4, 0.5) is 0 Å². The minimum absolute atomic E-state index is 0.161. The summed E-state index contributed by atoms with van der Waals surface area (Å²) in [6, 6.07) is 13.6. The van der Waals surface area contributed by atoms with Gasteiger partial charge in [0.05, 0.1) is 28.5 Å². The third kappa shape index (κ3) is 5.18. The van der Waals surface area contributed by atoms with Crippen LogP contribution in [-0.2, 0) is 9.53 Å². The number of halogens is 1. The second-order valence-electron chi connectivity index (χ2n) is 9.24. The molecule has 0 aliphatic carbocycles. The van der Waals surface area contributed by atoms with Crippen LogP contribution in [0.15, 0.2) is 68.0 Å². The molecule has 1 atom stereocenters. The van der Waals surface area contributed by atoms with Gasteiger partial charge in [0.25, 0.3) is 5.56 Å². The third-order valence-corrected chi connectivity index (χ3v) is 8.14. The van der Waals surface area contributed by atoms with Crippen LogP contribution in [-0.4, -0.2) is 17.1 Å². The van der Waals surface area contributed by atoms with Gasteiger partial charge in [0.15, 0.2) is 4.80 Å². The van der Waals surface area contributed by atoms with Gasteiger partial charge in [0.1, 0.15) is 0 Å². The fourth-order valence-corrected chi connectivity index (χ4v) is 5.77. The van der Waals surface area contributed by atoms with E-state index < -0.39 is 12.0 Å². The van der Waals surface area contributed by atoms with Crippen LogP contribution < -0.4 is 14.9 Å². The number of fused-ring (bicyclic) bond motifs is 1.